The van der Waals surface area contributed by atoms with Crippen molar-refractivity contribution in [3.63, 3.8) is 0 Å². The highest BCUT2D eigenvalue weighted by Crippen LogP contribution is 2.25. The Kier molecular flexibility index (Phi) is 4.29. The minimum absolute atomic E-state index is 0.289. The zero-order valence-electron chi connectivity index (χ0n) is 10.9. The van der Waals surface area contributed by atoms with E-state index in [-0.39, 0.29) is 6.10 Å². The molecule has 2 heteroatoms. The Morgan fingerprint density at radius 3 is 2.82 bits per heavy atom. The molecule has 1 unspecified atom stereocenters. The first-order chi connectivity index (χ1) is 8.28. The Morgan fingerprint density at radius 2 is 2.12 bits per heavy atom. The van der Waals surface area contributed by atoms with Crippen LogP contribution < -0.4 is 10.1 Å². The normalized spacial score (nSPS) is 18.0. The van der Waals surface area contributed by atoms with Crippen molar-refractivity contribution in [3.8, 4) is 5.75 Å². The van der Waals surface area contributed by atoms with Crippen LogP contribution in [0.25, 0.3) is 0 Å². The Bertz CT molecular complexity index is 345. The molecule has 0 spiro atoms. The summed E-state index contributed by atoms with van der Waals surface area (Å²) in [5, 5.41) is 3.59. The van der Waals surface area contributed by atoms with Gasteiger partial charge in [0.1, 0.15) is 5.75 Å². The summed E-state index contributed by atoms with van der Waals surface area (Å²) in [5.41, 5.74) is 1.19. The fourth-order valence-electron chi connectivity index (χ4n) is 2.28. The monoisotopic (exact) mass is 233 g/mol. The lowest BCUT2D eigenvalue weighted by Crippen LogP contribution is -2.15. The van der Waals surface area contributed by atoms with Crippen molar-refractivity contribution in [3.05, 3.63) is 24.3 Å². The lowest BCUT2D eigenvalue weighted by molar-refractivity contribution is 0.217. The van der Waals surface area contributed by atoms with Crippen molar-refractivity contribution in [2.45, 2.75) is 58.1 Å². The highest BCUT2D eigenvalue weighted by molar-refractivity contribution is 5.49. The molecule has 1 aliphatic carbocycles. The summed E-state index contributed by atoms with van der Waals surface area (Å²) in [6.45, 7) is 4.25. The molecule has 0 aromatic heterocycles. The first-order valence-corrected chi connectivity index (χ1v) is 6.81. The van der Waals surface area contributed by atoms with E-state index in [2.05, 4.69) is 37.4 Å². The molecule has 1 atom stereocenters. The Balaban J connectivity index is 1.95. The second-order valence-electron chi connectivity index (χ2n) is 4.99. The van der Waals surface area contributed by atoms with E-state index >= 15 is 0 Å². The topological polar surface area (TPSA) is 21.3 Å². The van der Waals surface area contributed by atoms with E-state index in [0.717, 1.165) is 12.2 Å². The Hall–Kier alpha value is -1.18. The van der Waals surface area contributed by atoms with Crippen LogP contribution in [0.5, 0.6) is 5.75 Å². The standard InChI is InChI=1S/C15H23NO/c1-3-12(2)17-15-10-6-9-14(11-15)16-13-7-4-5-8-13/h6,9-13,16H,3-5,7-8H2,1-2H3. The molecule has 0 saturated heterocycles. The number of nitrogens with one attached hydrogen (secondary N) is 1. The fourth-order valence-corrected chi connectivity index (χ4v) is 2.28. The van der Waals surface area contributed by atoms with Gasteiger partial charge in [0.15, 0.2) is 0 Å². The van der Waals surface area contributed by atoms with Gasteiger partial charge >= 0.3 is 0 Å². The van der Waals surface area contributed by atoms with Gasteiger partial charge in [0.25, 0.3) is 0 Å². The molecule has 0 radical (unpaired) electrons. The Labute approximate surface area is 104 Å². The predicted octanol–water partition coefficient (Wildman–Crippen LogP) is 4.22. The molecule has 2 rings (SSSR count). The smallest absolute Gasteiger partial charge is 0.121 e. The SMILES string of the molecule is CCC(C)Oc1cccc(NC2CCCC2)c1. The summed E-state index contributed by atoms with van der Waals surface area (Å²) in [5.74, 6) is 0.974. The first-order valence-electron chi connectivity index (χ1n) is 6.81. The number of benzene rings is 1. The third kappa shape index (κ3) is 3.65. The summed E-state index contributed by atoms with van der Waals surface area (Å²) in [6.07, 6.45) is 6.66. The van der Waals surface area contributed by atoms with Crippen molar-refractivity contribution < 1.29 is 4.74 Å². The molecule has 1 N–H and O–H groups in total. The quantitative estimate of drug-likeness (QED) is 0.822. The van der Waals surface area contributed by atoms with E-state index in [1.54, 1.807) is 0 Å². The third-order valence-corrected chi connectivity index (χ3v) is 3.47. The van der Waals surface area contributed by atoms with Crippen molar-refractivity contribution in [2.24, 2.45) is 0 Å². The maximum atomic E-state index is 5.83. The highest BCUT2D eigenvalue weighted by atomic mass is 16.5. The summed E-state index contributed by atoms with van der Waals surface area (Å²) < 4.78 is 5.83. The van der Waals surface area contributed by atoms with Gasteiger partial charge in [0.2, 0.25) is 0 Å². The molecule has 0 amide bonds. The minimum atomic E-state index is 0.289. The molecule has 0 bridgehead atoms. The molecule has 2 nitrogen and oxygen atoms in total. The van der Waals surface area contributed by atoms with Crippen LogP contribution in [0.3, 0.4) is 0 Å². The van der Waals surface area contributed by atoms with Gasteiger partial charge in [0.05, 0.1) is 6.10 Å². The molecular weight excluding hydrogens is 210 g/mol. The Morgan fingerprint density at radius 1 is 1.35 bits per heavy atom. The van der Waals surface area contributed by atoms with Gasteiger partial charge in [-0.15, -0.1) is 0 Å². The van der Waals surface area contributed by atoms with Gasteiger partial charge in [-0.1, -0.05) is 25.8 Å². The van der Waals surface area contributed by atoms with Gasteiger partial charge in [-0.25, -0.2) is 0 Å². The second-order valence-corrected chi connectivity index (χ2v) is 4.99. The maximum Gasteiger partial charge on any atom is 0.121 e. The predicted molar refractivity (Wildman–Crippen MR) is 72.7 cm³/mol. The number of hydrogen-bond donors (Lipinski definition) is 1. The molecule has 0 aliphatic heterocycles. The summed E-state index contributed by atoms with van der Waals surface area (Å²) in [4.78, 5) is 0. The molecule has 1 fully saturated rings. The second kappa shape index (κ2) is 5.95. The van der Waals surface area contributed by atoms with Crippen LogP contribution in [0.1, 0.15) is 46.0 Å². The fraction of sp³-hybridized carbons (Fsp3) is 0.600. The molecule has 1 aliphatic rings. The van der Waals surface area contributed by atoms with E-state index in [1.807, 2.05) is 6.07 Å². The van der Waals surface area contributed by atoms with Gasteiger partial charge in [-0.2, -0.15) is 0 Å². The van der Waals surface area contributed by atoms with E-state index in [9.17, 15) is 0 Å². The van der Waals surface area contributed by atoms with Crippen LogP contribution in [-0.4, -0.2) is 12.1 Å². The molecule has 94 valence electrons. The highest BCUT2D eigenvalue weighted by Gasteiger charge is 2.14. The number of rotatable bonds is 5. The van der Waals surface area contributed by atoms with E-state index in [0.29, 0.717) is 6.04 Å². The van der Waals surface area contributed by atoms with Crippen molar-refractivity contribution >= 4 is 5.69 Å². The van der Waals surface area contributed by atoms with Gasteiger partial charge in [-0.3, -0.25) is 0 Å². The van der Waals surface area contributed by atoms with Gasteiger partial charge in [-0.05, 0) is 38.3 Å². The van der Waals surface area contributed by atoms with Crippen LogP contribution in [0.15, 0.2) is 24.3 Å². The average molecular weight is 233 g/mol. The average Bonchev–Trinajstić information content (AvgIpc) is 2.82. The largest absolute Gasteiger partial charge is 0.491 e. The third-order valence-electron chi connectivity index (χ3n) is 3.47. The maximum absolute atomic E-state index is 5.83. The summed E-state index contributed by atoms with van der Waals surface area (Å²) in [7, 11) is 0. The van der Waals surface area contributed by atoms with Crippen LogP contribution in [0, 0.1) is 0 Å². The molecule has 1 aromatic rings. The molecule has 17 heavy (non-hydrogen) atoms. The van der Waals surface area contributed by atoms with Crippen molar-refractivity contribution in [1.82, 2.24) is 0 Å². The van der Waals surface area contributed by atoms with Crippen LogP contribution in [0.4, 0.5) is 5.69 Å². The number of ether oxygens (including phenoxy) is 1. The van der Waals surface area contributed by atoms with Crippen LogP contribution in [-0.2, 0) is 0 Å². The number of anilines is 1. The molecule has 0 heterocycles. The van der Waals surface area contributed by atoms with E-state index < -0.39 is 0 Å². The zero-order chi connectivity index (χ0) is 12.1. The first kappa shape index (κ1) is 12.3. The molecule has 1 aromatic carbocycles. The number of hydrogen-bond acceptors (Lipinski definition) is 2. The molecule has 1 saturated carbocycles. The van der Waals surface area contributed by atoms with Crippen LogP contribution >= 0.6 is 0 Å². The van der Waals surface area contributed by atoms with E-state index in [1.165, 1.54) is 31.4 Å². The minimum Gasteiger partial charge on any atom is -0.491 e. The van der Waals surface area contributed by atoms with Crippen molar-refractivity contribution in [1.29, 1.82) is 0 Å². The lowest BCUT2D eigenvalue weighted by atomic mass is 10.2. The van der Waals surface area contributed by atoms with E-state index in [4.69, 9.17) is 4.74 Å². The van der Waals surface area contributed by atoms with Gasteiger partial charge < -0.3 is 10.1 Å². The lowest BCUT2D eigenvalue weighted by Gasteiger charge is -2.16. The van der Waals surface area contributed by atoms with Gasteiger partial charge in [0, 0.05) is 17.8 Å². The summed E-state index contributed by atoms with van der Waals surface area (Å²) in [6, 6.07) is 9.00. The zero-order valence-corrected chi connectivity index (χ0v) is 10.9. The summed E-state index contributed by atoms with van der Waals surface area (Å²) >= 11 is 0. The van der Waals surface area contributed by atoms with Crippen LogP contribution in [0.2, 0.25) is 0 Å². The van der Waals surface area contributed by atoms with Crippen molar-refractivity contribution in [2.75, 3.05) is 5.32 Å². The molecular formula is C15H23NO.